The number of halogens is 3. The first-order chi connectivity index (χ1) is 6.43. The lowest BCUT2D eigenvalue weighted by Gasteiger charge is -2.05. The molecule has 0 aliphatic carbocycles. The summed E-state index contributed by atoms with van der Waals surface area (Å²) >= 11 is 5.57. The summed E-state index contributed by atoms with van der Waals surface area (Å²) < 4.78 is 24.7. The Morgan fingerprint density at radius 3 is 2.50 bits per heavy atom. The van der Waals surface area contributed by atoms with E-state index < -0.39 is 22.6 Å². The third-order valence-corrected chi connectivity index (χ3v) is 2.21. The third kappa shape index (κ3) is 1.98. The van der Waals surface area contributed by atoms with Gasteiger partial charge >= 0.3 is 0 Å². The number of nitro benzene ring substituents is 1. The molecule has 0 aromatic heterocycles. The van der Waals surface area contributed by atoms with Gasteiger partial charge in [-0.05, 0) is 12.5 Å². The third-order valence-electron chi connectivity index (χ3n) is 1.82. The molecule has 0 radical (unpaired) electrons. The minimum absolute atomic E-state index is 0.0190. The van der Waals surface area contributed by atoms with Crippen molar-refractivity contribution in [3.05, 3.63) is 38.4 Å². The number of nitro groups is 1. The Morgan fingerprint density at radius 1 is 1.50 bits per heavy atom. The molecule has 0 unspecified atom stereocenters. The summed E-state index contributed by atoms with van der Waals surface area (Å²) in [7, 11) is 0. The summed E-state index contributed by atoms with van der Waals surface area (Å²) in [6.45, 7) is 1.40. The maximum Gasteiger partial charge on any atom is 0.271 e. The average Bonchev–Trinajstić information content (AvgIpc) is 2.08. The molecule has 0 heterocycles. The van der Waals surface area contributed by atoms with E-state index in [0.29, 0.717) is 0 Å². The maximum absolute atomic E-state index is 12.4. The van der Waals surface area contributed by atoms with Crippen molar-refractivity contribution in [1.82, 2.24) is 0 Å². The van der Waals surface area contributed by atoms with E-state index in [9.17, 15) is 18.9 Å². The minimum Gasteiger partial charge on any atom is -0.258 e. The zero-order valence-electron chi connectivity index (χ0n) is 7.13. The molecule has 0 fully saturated rings. The van der Waals surface area contributed by atoms with Crippen molar-refractivity contribution in [1.29, 1.82) is 0 Å². The normalized spacial score (nSPS) is 10.6. The molecule has 0 saturated carbocycles. The van der Waals surface area contributed by atoms with E-state index in [0.717, 1.165) is 12.1 Å². The fourth-order valence-corrected chi connectivity index (χ4v) is 1.24. The predicted octanol–water partition coefficient (Wildman–Crippen LogP) is 3.49. The number of nitrogens with zero attached hydrogens (tertiary/aromatic N) is 1. The van der Waals surface area contributed by atoms with Gasteiger partial charge in [-0.2, -0.15) is 0 Å². The van der Waals surface area contributed by atoms with Crippen LogP contribution in [0.2, 0.25) is 5.02 Å². The largest absolute Gasteiger partial charge is 0.271 e. The van der Waals surface area contributed by atoms with Gasteiger partial charge in [-0.15, -0.1) is 0 Å². The smallest absolute Gasteiger partial charge is 0.258 e. The van der Waals surface area contributed by atoms with Gasteiger partial charge in [0.05, 0.1) is 9.95 Å². The van der Waals surface area contributed by atoms with Crippen LogP contribution in [0, 0.1) is 17.0 Å². The highest BCUT2D eigenvalue weighted by molar-refractivity contribution is 6.31. The Hall–Kier alpha value is -1.23. The maximum atomic E-state index is 12.4. The highest BCUT2D eigenvalue weighted by atomic mass is 35.5. The second-order valence-electron chi connectivity index (χ2n) is 2.70. The van der Waals surface area contributed by atoms with E-state index >= 15 is 0 Å². The molecule has 14 heavy (non-hydrogen) atoms. The van der Waals surface area contributed by atoms with Crippen LogP contribution < -0.4 is 0 Å². The number of non-ortho nitro benzene ring substituents is 1. The van der Waals surface area contributed by atoms with E-state index in [4.69, 9.17) is 11.6 Å². The molecule has 0 amide bonds. The van der Waals surface area contributed by atoms with E-state index in [2.05, 4.69) is 0 Å². The Bertz CT molecular complexity index is 382. The van der Waals surface area contributed by atoms with Gasteiger partial charge in [0.25, 0.3) is 12.1 Å². The van der Waals surface area contributed by atoms with Gasteiger partial charge in [0.15, 0.2) is 0 Å². The summed E-state index contributed by atoms with van der Waals surface area (Å²) in [5.74, 6) is 0. The number of hydrogen-bond acceptors (Lipinski definition) is 2. The van der Waals surface area contributed by atoms with Crippen LogP contribution in [-0.2, 0) is 0 Å². The zero-order chi connectivity index (χ0) is 10.9. The lowest BCUT2D eigenvalue weighted by atomic mass is 10.1. The fraction of sp³-hybridized carbons (Fsp3) is 0.250. The second kappa shape index (κ2) is 3.88. The molecule has 0 saturated heterocycles. The van der Waals surface area contributed by atoms with Gasteiger partial charge in [-0.3, -0.25) is 10.1 Å². The van der Waals surface area contributed by atoms with Crippen LogP contribution >= 0.6 is 11.6 Å². The van der Waals surface area contributed by atoms with Crippen molar-refractivity contribution in [2.75, 3.05) is 0 Å². The highest BCUT2D eigenvalue weighted by Crippen LogP contribution is 2.31. The second-order valence-corrected chi connectivity index (χ2v) is 3.11. The molecule has 1 aromatic carbocycles. The van der Waals surface area contributed by atoms with Crippen LogP contribution in [0.3, 0.4) is 0 Å². The topological polar surface area (TPSA) is 43.1 Å². The fourth-order valence-electron chi connectivity index (χ4n) is 1.02. The first-order valence-electron chi connectivity index (χ1n) is 3.66. The molecule has 0 aliphatic rings. The number of rotatable bonds is 2. The predicted molar refractivity (Wildman–Crippen MR) is 47.8 cm³/mol. The highest BCUT2D eigenvalue weighted by Gasteiger charge is 2.18. The lowest BCUT2D eigenvalue weighted by Crippen LogP contribution is -1.95. The van der Waals surface area contributed by atoms with Crippen molar-refractivity contribution in [3.63, 3.8) is 0 Å². The van der Waals surface area contributed by atoms with E-state index in [-0.39, 0.29) is 10.6 Å². The molecular formula is C8H6ClF2NO2. The molecule has 1 aromatic rings. The molecule has 1 rings (SSSR count). The SMILES string of the molecule is Cc1c(Cl)cc([N+](=O)[O-])cc1C(F)F. The Balaban J connectivity index is 3.35. The molecule has 0 aliphatic heterocycles. The molecule has 3 nitrogen and oxygen atoms in total. The van der Waals surface area contributed by atoms with Crippen LogP contribution in [0.5, 0.6) is 0 Å². The van der Waals surface area contributed by atoms with Crippen molar-refractivity contribution in [2.45, 2.75) is 13.3 Å². The van der Waals surface area contributed by atoms with Crippen molar-refractivity contribution in [2.24, 2.45) is 0 Å². The number of alkyl halides is 2. The van der Waals surface area contributed by atoms with Gasteiger partial charge in [-0.25, -0.2) is 8.78 Å². The Morgan fingerprint density at radius 2 is 2.07 bits per heavy atom. The molecular weight excluding hydrogens is 216 g/mol. The van der Waals surface area contributed by atoms with E-state index in [1.165, 1.54) is 6.92 Å². The first kappa shape index (κ1) is 10.8. The van der Waals surface area contributed by atoms with Crippen LogP contribution in [0.1, 0.15) is 17.6 Å². The standard InChI is InChI=1S/C8H6ClF2NO2/c1-4-6(8(10)11)2-5(12(13)14)3-7(4)9/h2-3,8H,1H3. The molecule has 0 spiro atoms. The molecule has 0 atom stereocenters. The van der Waals surface area contributed by atoms with Crippen LogP contribution in [0.25, 0.3) is 0 Å². The monoisotopic (exact) mass is 221 g/mol. The van der Waals surface area contributed by atoms with Crippen LogP contribution in [0.4, 0.5) is 14.5 Å². The van der Waals surface area contributed by atoms with Crippen LogP contribution in [-0.4, -0.2) is 4.92 Å². The van der Waals surface area contributed by atoms with Crippen molar-refractivity contribution >= 4 is 17.3 Å². The zero-order valence-corrected chi connectivity index (χ0v) is 7.89. The van der Waals surface area contributed by atoms with Gasteiger partial charge in [0.1, 0.15) is 0 Å². The number of hydrogen-bond donors (Lipinski definition) is 0. The van der Waals surface area contributed by atoms with E-state index in [1.54, 1.807) is 0 Å². The first-order valence-corrected chi connectivity index (χ1v) is 4.04. The van der Waals surface area contributed by atoms with Crippen molar-refractivity contribution < 1.29 is 13.7 Å². The van der Waals surface area contributed by atoms with Gasteiger partial charge < -0.3 is 0 Å². The molecule has 76 valence electrons. The molecule has 0 N–H and O–H groups in total. The van der Waals surface area contributed by atoms with Gasteiger partial charge in [-0.1, -0.05) is 11.6 Å². The average molecular weight is 222 g/mol. The van der Waals surface area contributed by atoms with E-state index in [1.807, 2.05) is 0 Å². The number of benzene rings is 1. The minimum atomic E-state index is -2.76. The molecule has 0 bridgehead atoms. The Labute approximate surface area is 83.4 Å². The summed E-state index contributed by atoms with van der Waals surface area (Å²) in [5, 5.41) is 10.3. The quantitative estimate of drug-likeness (QED) is 0.567. The summed E-state index contributed by atoms with van der Waals surface area (Å²) in [5.41, 5.74) is -0.646. The summed E-state index contributed by atoms with van der Waals surface area (Å²) in [6, 6.07) is 1.90. The van der Waals surface area contributed by atoms with Gasteiger partial charge in [0, 0.05) is 17.7 Å². The van der Waals surface area contributed by atoms with Gasteiger partial charge in [0.2, 0.25) is 0 Å². The summed E-state index contributed by atoms with van der Waals surface area (Å²) in [4.78, 5) is 9.59. The van der Waals surface area contributed by atoms with Crippen LogP contribution in [0.15, 0.2) is 12.1 Å². The lowest BCUT2D eigenvalue weighted by molar-refractivity contribution is -0.385. The Kier molecular flexibility index (Phi) is 3.00. The molecule has 6 heteroatoms. The summed E-state index contributed by atoms with van der Waals surface area (Å²) in [6.07, 6.45) is -2.76. The van der Waals surface area contributed by atoms with Crippen molar-refractivity contribution in [3.8, 4) is 0 Å².